The highest BCUT2D eigenvalue weighted by Crippen LogP contribution is 2.34. The van der Waals surface area contributed by atoms with Crippen molar-refractivity contribution in [2.45, 2.75) is 19.0 Å². The fourth-order valence-corrected chi connectivity index (χ4v) is 2.78. The predicted molar refractivity (Wildman–Crippen MR) is 79.2 cm³/mol. The fraction of sp³-hybridized carbons (Fsp3) is 0.400. The van der Waals surface area contributed by atoms with Crippen molar-refractivity contribution >= 4 is 11.6 Å². The van der Waals surface area contributed by atoms with E-state index >= 15 is 0 Å². The molecule has 106 valence electrons. The average Bonchev–Trinajstić information content (AvgIpc) is 2.84. The number of methoxy groups -OCH3 is 1. The van der Waals surface area contributed by atoms with Crippen molar-refractivity contribution in [3.63, 3.8) is 0 Å². The normalized spacial score (nSPS) is 18.8. The van der Waals surface area contributed by atoms with Gasteiger partial charge in [0, 0.05) is 25.3 Å². The van der Waals surface area contributed by atoms with Gasteiger partial charge in [0.15, 0.2) is 0 Å². The van der Waals surface area contributed by atoms with E-state index in [-0.39, 0.29) is 0 Å². The highest BCUT2D eigenvalue weighted by molar-refractivity contribution is 6.30. The van der Waals surface area contributed by atoms with Crippen LogP contribution in [0, 0.1) is 0 Å². The summed E-state index contributed by atoms with van der Waals surface area (Å²) in [5.74, 6) is 0.924. The zero-order valence-electron chi connectivity index (χ0n) is 11.5. The van der Waals surface area contributed by atoms with Gasteiger partial charge in [-0.15, -0.1) is 0 Å². The Balaban J connectivity index is 1.61. The zero-order chi connectivity index (χ0) is 13.9. The molecule has 1 aliphatic rings. The van der Waals surface area contributed by atoms with Crippen molar-refractivity contribution in [2.75, 3.05) is 20.2 Å². The molecule has 0 N–H and O–H groups in total. The van der Waals surface area contributed by atoms with Crippen molar-refractivity contribution < 1.29 is 4.74 Å². The lowest BCUT2D eigenvalue weighted by atomic mass is 9.94. The molecule has 20 heavy (non-hydrogen) atoms. The van der Waals surface area contributed by atoms with Gasteiger partial charge >= 0.3 is 0 Å². The van der Waals surface area contributed by atoms with Crippen LogP contribution in [0.15, 0.2) is 36.7 Å². The Morgan fingerprint density at radius 1 is 1.40 bits per heavy atom. The Kier molecular flexibility index (Phi) is 3.94. The standard InChI is InChI=1S/C15H18ClN3O/c1-20-14-4-2-3-12(9-14)15-5-6-18(15)7-8-19-11-13(16)10-17-19/h2-4,9-11,15H,5-8H2,1H3/t15-/m0/s1. The van der Waals surface area contributed by atoms with Gasteiger partial charge in [0.05, 0.1) is 24.9 Å². The first-order valence-corrected chi connectivity index (χ1v) is 7.20. The monoisotopic (exact) mass is 291 g/mol. The van der Waals surface area contributed by atoms with E-state index in [4.69, 9.17) is 16.3 Å². The van der Waals surface area contributed by atoms with Crippen molar-refractivity contribution in [1.29, 1.82) is 0 Å². The molecular formula is C15H18ClN3O. The topological polar surface area (TPSA) is 30.3 Å². The number of nitrogens with zero attached hydrogens (tertiary/aromatic N) is 3. The van der Waals surface area contributed by atoms with Crippen molar-refractivity contribution in [3.8, 4) is 5.75 Å². The Hall–Kier alpha value is -1.52. The van der Waals surface area contributed by atoms with Gasteiger partial charge in [-0.25, -0.2) is 0 Å². The number of aromatic nitrogens is 2. The number of likely N-dealkylation sites (tertiary alicyclic amines) is 1. The number of hydrogen-bond acceptors (Lipinski definition) is 3. The highest BCUT2D eigenvalue weighted by atomic mass is 35.5. The lowest BCUT2D eigenvalue weighted by Gasteiger charge is -2.41. The second kappa shape index (κ2) is 5.85. The van der Waals surface area contributed by atoms with Gasteiger partial charge in [-0.2, -0.15) is 5.10 Å². The number of halogens is 1. The SMILES string of the molecule is COc1cccc([C@@H]2CCN2CCn2cc(Cl)cn2)c1. The summed E-state index contributed by atoms with van der Waals surface area (Å²) in [6, 6.07) is 8.83. The van der Waals surface area contributed by atoms with E-state index in [1.807, 2.05) is 16.9 Å². The number of rotatable bonds is 5. The van der Waals surface area contributed by atoms with Crippen LogP contribution in [0.5, 0.6) is 5.75 Å². The molecule has 1 aliphatic heterocycles. The number of hydrogen-bond donors (Lipinski definition) is 0. The summed E-state index contributed by atoms with van der Waals surface area (Å²) >= 11 is 5.87. The van der Waals surface area contributed by atoms with E-state index in [2.05, 4.69) is 28.2 Å². The van der Waals surface area contributed by atoms with Crippen molar-refractivity contribution in [1.82, 2.24) is 14.7 Å². The molecule has 1 fully saturated rings. The van der Waals surface area contributed by atoms with Gasteiger partial charge in [0.2, 0.25) is 0 Å². The Labute approximate surface area is 123 Å². The van der Waals surface area contributed by atoms with Crippen LogP contribution in [0.3, 0.4) is 0 Å². The summed E-state index contributed by atoms with van der Waals surface area (Å²) in [5.41, 5.74) is 1.33. The van der Waals surface area contributed by atoms with Crippen LogP contribution >= 0.6 is 11.6 Å². The molecule has 0 saturated carbocycles. The van der Waals surface area contributed by atoms with E-state index in [9.17, 15) is 0 Å². The maximum atomic E-state index is 5.87. The largest absolute Gasteiger partial charge is 0.497 e. The second-order valence-electron chi connectivity index (χ2n) is 5.04. The lowest BCUT2D eigenvalue weighted by Crippen LogP contribution is -2.42. The van der Waals surface area contributed by atoms with Gasteiger partial charge in [-0.3, -0.25) is 9.58 Å². The zero-order valence-corrected chi connectivity index (χ0v) is 12.3. The van der Waals surface area contributed by atoms with Crippen LogP contribution in [0.1, 0.15) is 18.0 Å². The predicted octanol–water partition coefficient (Wildman–Crippen LogP) is 2.99. The molecule has 0 spiro atoms. The van der Waals surface area contributed by atoms with E-state index in [0.29, 0.717) is 11.1 Å². The minimum absolute atomic E-state index is 0.496. The summed E-state index contributed by atoms with van der Waals surface area (Å²) in [4.78, 5) is 2.46. The maximum Gasteiger partial charge on any atom is 0.119 e. The highest BCUT2D eigenvalue weighted by Gasteiger charge is 2.29. The first-order valence-electron chi connectivity index (χ1n) is 6.82. The molecule has 0 unspecified atom stereocenters. The third-order valence-electron chi connectivity index (χ3n) is 3.83. The summed E-state index contributed by atoms with van der Waals surface area (Å²) < 4.78 is 7.19. The number of ether oxygens (including phenoxy) is 1. The molecule has 0 bridgehead atoms. The molecule has 1 saturated heterocycles. The Morgan fingerprint density at radius 2 is 2.30 bits per heavy atom. The summed E-state index contributed by atoms with van der Waals surface area (Å²) in [6.45, 7) is 2.99. The third kappa shape index (κ3) is 2.81. The Bertz CT molecular complexity index is 584. The van der Waals surface area contributed by atoms with Crippen LogP contribution in [0.25, 0.3) is 0 Å². The van der Waals surface area contributed by atoms with Gasteiger partial charge < -0.3 is 4.74 Å². The molecule has 1 aromatic carbocycles. The molecule has 1 atom stereocenters. The molecule has 0 amide bonds. The minimum Gasteiger partial charge on any atom is -0.497 e. The van der Waals surface area contributed by atoms with E-state index in [0.717, 1.165) is 25.4 Å². The maximum absolute atomic E-state index is 5.87. The average molecular weight is 292 g/mol. The van der Waals surface area contributed by atoms with Crippen molar-refractivity contribution in [3.05, 3.63) is 47.2 Å². The van der Waals surface area contributed by atoms with E-state index in [1.165, 1.54) is 12.0 Å². The molecular weight excluding hydrogens is 274 g/mol. The van der Waals surface area contributed by atoms with Crippen molar-refractivity contribution in [2.24, 2.45) is 0 Å². The molecule has 3 rings (SSSR count). The smallest absolute Gasteiger partial charge is 0.119 e. The van der Waals surface area contributed by atoms with Crippen LogP contribution in [0.4, 0.5) is 0 Å². The summed E-state index contributed by atoms with van der Waals surface area (Å²) in [6.07, 6.45) is 4.74. The molecule has 2 aromatic rings. The lowest BCUT2D eigenvalue weighted by molar-refractivity contribution is 0.0849. The molecule has 5 heteroatoms. The summed E-state index contributed by atoms with van der Waals surface area (Å²) in [5, 5.41) is 4.90. The quantitative estimate of drug-likeness (QED) is 0.848. The van der Waals surface area contributed by atoms with E-state index in [1.54, 1.807) is 13.3 Å². The molecule has 4 nitrogen and oxygen atoms in total. The van der Waals surface area contributed by atoms with Crippen LogP contribution in [-0.4, -0.2) is 34.9 Å². The first kappa shape index (κ1) is 13.5. The number of benzene rings is 1. The fourth-order valence-electron chi connectivity index (χ4n) is 2.63. The first-order chi connectivity index (χ1) is 9.76. The Morgan fingerprint density at radius 3 is 2.95 bits per heavy atom. The second-order valence-corrected chi connectivity index (χ2v) is 5.48. The third-order valence-corrected chi connectivity index (χ3v) is 4.02. The van der Waals surface area contributed by atoms with Gasteiger partial charge in [0.1, 0.15) is 5.75 Å². The van der Waals surface area contributed by atoms with Gasteiger partial charge in [-0.05, 0) is 24.1 Å². The van der Waals surface area contributed by atoms with Crippen LogP contribution in [0.2, 0.25) is 5.02 Å². The van der Waals surface area contributed by atoms with Gasteiger partial charge in [0.25, 0.3) is 0 Å². The molecule has 0 radical (unpaired) electrons. The summed E-state index contributed by atoms with van der Waals surface area (Å²) in [7, 11) is 1.71. The van der Waals surface area contributed by atoms with Crippen LogP contribution < -0.4 is 4.74 Å². The van der Waals surface area contributed by atoms with Crippen LogP contribution in [-0.2, 0) is 6.54 Å². The van der Waals surface area contributed by atoms with E-state index < -0.39 is 0 Å². The molecule has 1 aromatic heterocycles. The molecule has 0 aliphatic carbocycles. The van der Waals surface area contributed by atoms with Gasteiger partial charge in [-0.1, -0.05) is 23.7 Å². The molecule has 2 heterocycles. The minimum atomic E-state index is 0.496.